The van der Waals surface area contributed by atoms with Crippen LogP contribution in [0.3, 0.4) is 0 Å². The summed E-state index contributed by atoms with van der Waals surface area (Å²) in [6.07, 6.45) is 4.49. The number of carbonyl (C=O) groups is 1. The lowest BCUT2D eigenvalue weighted by Gasteiger charge is -2.33. The molecule has 1 rings (SSSR count). The number of nitrogens with one attached hydrogen (secondary N) is 1. The largest absolute Gasteiger partial charge is 0.388 e. The minimum Gasteiger partial charge on any atom is -0.388 e. The highest BCUT2D eigenvalue weighted by atomic mass is 16.3. The third-order valence-electron chi connectivity index (χ3n) is 4.51. The molecule has 5 heteroatoms. The molecule has 0 spiro atoms. The second-order valence-corrected chi connectivity index (χ2v) is 6.97. The molecule has 3 atom stereocenters. The fraction of sp³-hybridized carbons (Fsp3) is 0.824. The van der Waals surface area contributed by atoms with E-state index in [1.807, 2.05) is 0 Å². The van der Waals surface area contributed by atoms with E-state index in [9.17, 15) is 15.0 Å². The van der Waals surface area contributed by atoms with Crippen LogP contribution in [0.25, 0.3) is 0 Å². The Morgan fingerprint density at radius 2 is 1.86 bits per heavy atom. The quantitative estimate of drug-likeness (QED) is 0.483. The van der Waals surface area contributed by atoms with Gasteiger partial charge < -0.3 is 21.3 Å². The van der Waals surface area contributed by atoms with Crippen molar-refractivity contribution < 1.29 is 15.0 Å². The van der Waals surface area contributed by atoms with Crippen LogP contribution < -0.4 is 11.1 Å². The zero-order chi connectivity index (χ0) is 16.7. The molecule has 0 unspecified atom stereocenters. The van der Waals surface area contributed by atoms with Crippen molar-refractivity contribution in [3.8, 4) is 0 Å². The molecule has 0 saturated heterocycles. The van der Waals surface area contributed by atoms with Crippen LogP contribution in [0.15, 0.2) is 12.2 Å². The molecule has 1 aliphatic carbocycles. The van der Waals surface area contributed by atoms with Gasteiger partial charge in [-0.2, -0.15) is 0 Å². The first-order chi connectivity index (χ1) is 10.3. The van der Waals surface area contributed by atoms with Gasteiger partial charge in [0.1, 0.15) is 6.10 Å². The van der Waals surface area contributed by atoms with Crippen LogP contribution in [0, 0.1) is 11.8 Å². The summed E-state index contributed by atoms with van der Waals surface area (Å²) in [6.45, 7) is 8.43. The lowest BCUT2D eigenvalue weighted by atomic mass is 9.82. The van der Waals surface area contributed by atoms with E-state index in [-0.39, 0.29) is 11.6 Å². The number of carbonyl (C=O) groups excluding carboxylic acids is 1. The predicted octanol–water partition coefficient (Wildman–Crippen LogP) is 1.33. The van der Waals surface area contributed by atoms with Gasteiger partial charge >= 0.3 is 0 Å². The van der Waals surface area contributed by atoms with Gasteiger partial charge in [0, 0.05) is 11.6 Å². The van der Waals surface area contributed by atoms with E-state index in [4.69, 9.17) is 5.73 Å². The molecule has 128 valence electrons. The van der Waals surface area contributed by atoms with Crippen molar-refractivity contribution in [3.63, 3.8) is 0 Å². The molecule has 0 aromatic carbocycles. The summed E-state index contributed by atoms with van der Waals surface area (Å²) in [6, 6.07) is -0.253. The van der Waals surface area contributed by atoms with Gasteiger partial charge in [-0.3, -0.25) is 4.79 Å². The Bertz CT molecular complexity index is 365. The maximum atomic E-state index is 11.2. The molecule has 5 N–H and O–H groups in total. The minimum absolute atomic E-state index is 0.132. The molecule has 1 saturated carbocycles. The Kier molecular flexibility index (Phi) is 8.07. The van der Waals surface area contributed by atoms with Gasteiger partial charge in [-0.15, -0.1) is 0 Å². The third-order valence-corrected chi connectivity index (χ3v) is 4.51. The molecule has 0 bridgehead atoms. The maximum absolute atomic E-state index is 11.2. The first kappa shape index (κ1) is 19.1. The lowest BCUT2D eigenvalue weighted by molar-refractivity contribution is -0.116. The van der Waals surface area contributed by atoms with Crippen LogP contribution in [0.4, 0.5) is 0 Å². The average molecular weight is 312 g/mol. The van der Waals surface area contributed by atoms with E-state index >= 15 is 0 Å². The topological polar surface area (TPSA) is 95.6 Å². The molecule has 0 heterocycles. The monoisotopic (exact) mass is 312 g/mol. The van der Waals surface area contributed by atoms with Crippen LogP contribution >= 0.6 is 0 Å². The van der Waals surface area contributed by atoms with E-state index in [2.05, 4.69) is 25.7 Å². The van der Waals surface area contributed by atoms with Gasteiger partial charge in [-0.05, 0) is 24.8 Å². The van der Waals surface area contributed by atoms with Crippen molar-refractivity contribution in [1.29, 1.82) is 0 Å². The van der Waals surface area contributed by atoms with Crippen molar-refractivity contribution in [2.24, 2.45) is 17.6 Å². The summed E-state index contributed by atoms with van der Waals surface area (Å²) in [4.78, 5) is 11.2. The first-order valence-corrected chi connectivity index (χ1v) is 8.41. The van der Waals surface area contributed by atoms with E-state index in [1.54, 1.807) is 0 Å². The number of aliphatic hydroxyl groups is 2. The van der Waals surface area contributed by atoms with Crippen molar-refractivity contribution >= 4 is 5.91 Å². The number of primary amides is 1. The van der Waals surface area contributed by atoms with Crippen molar-refractivity contribution in [1.82, 2.24) is 5.32 Å². The van der Waals surface area contributed by atoms with Gasteiger partial charge in [-0.25, -0.2) is 0 Å². The number of nitrogens with two attached hydrogens (primary N) is 1. The van der Waals surface area contributed by atoms with Gasteiger partial charge in [0.05, 0.1) is 6.10 Å². The normalized spacial score (nSPS) is 20.6. The SMILES string of the molecule is C=C(C(N)=O)[C@H](O)[C@@H](O)[C@H](CC1CCCCC1)NCC(C)C. The highest BCUT2D eigenvalue weighted by molar-refractivity contribution is 5.92. The van der Waals surface area contributed by atoms with Crippen molar-refractivity contribution in [2.75, 3.05) is 6.54 Å². The number of hydrogen-bond acceptors (Lipinski definition) is 4. The molecule has 5 nitrogen and oxygen atoms in total. The molecular weight excluding hydrogens is 280 g/mol. The summed E-state index contributed by atoms with van der Waals surface area (Å²) in [7, 11) is 0. The van der Waals surface area contributed by atoms with Gasteiger partial charge in [0.25, 0.3) is 0 Å². The summed E-state index contributed by atoms with van der Waals surface area (Å²) < 4.78 is 0. The highest BCUT2D eigenvalue weighted by Crippen LogP contribution is 2.28. The standard InChI is InChI=1S/C17H32N2O3/c1-11(2)10-19-14(9-13-7-5-4-6-8-13)16(21)15(20)12(3)17(18)22/h11,13-16,19-21H,3-10H2,1-2H3,(H2,18,22)/t14-,15-,16-/m0/s1. The van der Waals surface area contributed by atoms with Crippen LogP contribution in [0.5, 0.6) is 0 Å². The van der Waals surface area contributed by atoms with Gasteiger partial charge in [-0.1, -0.05) is 52.5 Å². The van der Waals surface area contributed by atoms with Crippen molar-refractivity contribution in [3.05, 3.63) is 12.2 Å². The number of amides is 1. The molecule has 0 radical (unpaired) electrons. The predicted molar refractivity (Wildman–Crippen MR) is 88.2 cm³/mol. The van der Waals surface area contributed by atoms with Crippen LogP contribution in [0.1, 0.15) is 52.4 Å². The molecule has 1 amide bonds. The van der Waals surface area contributed by atoms with Gasteiger partial charge in [0.2, 0.25) is 5.91 Å². The second kappa shape index (κ2) is 9.28. The van der Waals surface area contributed by atoms with Crippen LogP contribution in [-0.4, -0.2) is 40.9 Å². The summed E-state index contributed by atoms with van der Waals surface area (Å²) in [5.41, 5.74) is 5.02. The Morgan fingerprint density at radius 1 is 1.27 bits per heavy atom. The third kappa shape index (κ3) is 6.07. The molecule has 0 aliphatic heterocycles. The Balaban J connectivity index is 2.69. The molecule has 1 aliphatic rings. The number of rotatable bonds is 9. The fourth-order valence-corrected chi connectivity index (χ4v) is 3.08. The Morgan fingerprint density at radius 3 is 2.36 bits per heavy atom. The van der Waals surface area contributed by atoms with Crippen LogP contribution in [-0.2, 0) is 4.79 Å². The molecule has 22 heavy (non-hydrogen) atoms. The zero-order valence-electron chi connectivity index (χ0n) is 13.9. The highest BCUT2D eigenvalue weighted by Gasteiger charge is 2.31. The molecular formula is C17H32N2O3. The molecule has 1 fully saturated rings. The van der Waals surface area contributed by atoms with Crippen LogP contribution in [0.2, 0.25) is 0 Å². The lowest BCUT2D eigenvalue weighted by Crippen LogP contribution is -2.50. The minimum atomic E-state index is -1.31. The smallest absolute Gasteiger partial charge is 0.246 e. The molecule has 0 aromatic heterocycles. The average Bonchev–Trinajstić information content (AvgIpc) is 2.49. The van der Waals surface area contributed by atoms with Gasteiger partial charge in [0.15, 0.2) is 0 Å². The van der Waals surface area contributed by atoms with E-state index in [0.717, 1.165) is 13.0 Å². The Hall–Kier alpha value is -0.910. The van der Waals surface area contributed by atoms with E-state index < -0.39 is 18.1 Å². The number of aliphatic hydroxyl groups excluding tert-OH is 2. The number of hydrogen-bond donors (Lipinski definition) is 4. The summed E-state index contributed by atoms with van der Waals surface area (Å²) >= 11 is 0. The summed E-state index contributed by atoms with van der Waals surface area (Å²) in [5, 5.41) is 23.9. The second-order valence-electron chi connectivity index (χ2n) is 6.97. The van der Waals surface area contributed by atoms with E-state index in [0.29, 0.717) is 11.8 Å². The summed E-state index contributed by atoms with van der Waals surface area (Å²) in [5.74, 6) is 0.228. The molecule has 0 aromatic rings. The first-order valence-electron chi connectivity index (χ1n) is 8.41. The zero-order valence-corrected chi connectivity index (χ0v) is 13.9. The maximum Gasteiger partial charge on any atom is 0.246 e. The Labute approximate surface area is 134 Å². The van der Waals surface area contributed by atoms with Crippen molar-refractivity contribution in [2.45, 2.75) is 70.6 Å². The van der Waals surface area contributed by atoms with E-state index in [1.165, 1.54) is 32.1 Å². The fourth-order valence-electron chi connectivity index (χ4n) is 3.08.